The number of aliphatic hydroxyl groups excluding tert-OH is 1. The first-order valence-corrected chi connectivity index (χ1v) is 14.7. The van der Waals surface area contributed by atoms with Crippen LogP contribution >= 0.6 is 0 Å². The normalized spacial score (nSPS) is 50.2. The van der Waals surface area contributed by atoms with Gasteiger partial charge in [0.05, 0.1) is 18.6 Å². The molecule has 0 amide bonds. The molecule has 194 valence electrons. The van der Waals surface area contributed by atoms with Crippen molar-refractivity contribution in [1.82, 2.24) is 0 Å². The molecule has 5 aliphatic rings. The molecule has 8 atom stereocenters. The van der Waals surface area contributed by atoms with Gasteiger partial charge in [0.2, 0.25) is 0 Å². The Labute approximate surface area is 214 Å². The van der Waals surface area contributed by atoms with Crippen LogP contribution in [0.25, 0.3) is 0 Å². The standard InChI is InChI=1S/C33H50O2/c1-28(2)17-18-33(22-12-19-35-21-22)16-10-25-31(6)13-8-23-29(3,4)27(34)11-15-30(23,5)24(31)9-14-32(25,7)26(33)20-28/h10,12,19,21,23-24,26-27,34H,8-9,11,13-18,20H2,1-7H3/t23-,24-,26-,27+,30+,31-,32-,33-/m1/s1. The van der Waals surface area contributed by atoms with E-state index in [1.807, 2.05) is 11.8 Å². The fourth-order valence-corrected chi connectivity index (χ4v) is 11.5. The summed E-state index contributed by atoms with van der Waals surface area (Å²) in [5, 5.41) is 11.0. The first-order chi connectivity index (χ1) is 16.3. The van der Waals surface area contributed by atoms with Crippen molar-refractivity contribution in [2.75, 3.05) is 0 Å². The van der Waals surface area contributed by atoms with Gasteiger partial charge in [-0.25, -0.2) is 0 Å². The van der Waals surface area contributed by atoms with Crippen LogP contribution in [0, 0.1) is 44.8 Å². The average molecular weight is 479 g/mol. The van der Waals surface area contributed by atoms with Crippen LogP contribution in [0.3, 0.4) is 0 Å². The lowest BCUT2D eigenvalue weighted by Crippen LogP contribution is -2.63. The van der Waals surface area contributed by atoms with E-state index >= 15 is 0 Å². The van der Waals surface area contributed by atoms with Crippen molar-refractivity contribution >= 4 is 0 Å². The van der Waals surface area contributed by atoms with E-state index < -0.39 is 0 Å². The molecule has 0 radical (unpaired) electrons. The smallest absolute Gasteiger partial charge is 0.0940 e. The molecule has 5 aliphatic carbocycles. The SMILES string of the molecule is CC1(C)CC[C@@]2(c3ccoc3)CC=C3[C@]4(C)CC[C@@H]5C(C)(C)[C@@H](O)CC[C@]5(C)[C@H]4CC[C@@]3(C)[C@H]2C1. The maximum atomic E-state index is 11.0. The summed E-state index contributed by atoms with van der Waals surface area (Å²) < 4.78 is 5.70. The van der Waals surface area contributed by atoms with E-state index in [1.165, 1.54) is 63.4 Å². The Kier molecular flexibility index (Phi) is 5.07. The van der Waals surface area contributed by atoms with Crippen molar-refractivity contribution < 1.29 is 9.52 Å². The highest BCUT2D eigenvalue weighted by Gasteiger charge is 2.67. The lowest BCUT2D eigenvalue weighted by Gasteiger charge is -2.70. The van der Waals surface area contributed by atoms with Crippen molar-refractivity contribution in [1.29, 1.82) is 0 Å². The lowest BCUT2D eigenvalue weighted by molar-refractivity contribution is -0.181. The van der Waals surface area contributed by atoms with E-state index in [2.05, 4.69) is 66.9 Å². The molecule has 2 nitrogen and oxygen atoms in total. The Morgan fingerprint density at radius 2 is 1.49 bits per heavy atom. The first kappa shape index (κ1) is 24.3. The van der Waals surface area contributed by atoms with Crippen LogP contribution < -0.4 is 0 Å². The van der Waals surface area contributed by atoms with Gasteiger partial charge in [-0.2, -0.15) is 0 Å². The van der Waals surface area contributed by atoms with Gasteiger partial charge < -0.3 is 9.52 Å². The summed E-state index contributed by atoms with van der Waals surface area (Å²) in [6, 6.07) is 2.28. The van der Waals surface area contributed by atoms with E-state index in [-0.39, 0.29) is 22.3 Å². The van der Waals surface area contributed by atoms with E-state index in [1.54, 1.807) is 0 Å². The van der Waals surface area contributed by atoms with Crippen LogP contribution in [0.1, 0.15) is 118 Å². The Morgan fingerprint density at radius 3 is 2.17 bits per heavy atom. The van der Waals surface area contributed by atoms with Gasteiger partial charge in [0, 0.05) is 5.41 Å². The molecule has 0 aliphatic heterocycles. The zero-order valence-electron chi connectivity index (χ0n) is 23.5. The second-order valence-corrected chi connectivity index (χ2v) is 15.8. The predicted molar refractivity (Wildman–Crippen MR) is 143 cm³/mol. The summed E-state index contributed by atoms with van der Waals surface area (Å²) in [6.45, 7) is 17.7. The van der Waals surface area contributed by atoms with Gasteiger partial charge in [-0.15, -0.1) is 0 Å². The lowest BCUT2D eigenvalue weighted by atomic mass is 9.34. The van der Waals surface area contributed by atoms with Crippen molar-refractivity contribution in [2.24, 2.45) is 44.8 Å². The van der Waals surface area contributed by atoms with Crippen molar-refractivity contribution in [2.45, 2.75) is 124 Å². The van der Waals surface area contributed by atoms with Gasteiger partial charge in [0.15, 0.2) is 0 Å². The van der Waals surface area contributed by atoms with Crippen LogP contribution in [0.2, 0.25) is 0 Å². The summed E-state index contributed by atoms with van der Waals surface area (Å²) in [6.07, 6.45) is 19.1. The molecule has 0 saturated heterocycles. The maximum Gasteiger partial charge on any atom is 0.0940 e. The van der Waals surface area contributed by atoms with Crippen LogP contribution in [-0.2, 0) is 5.41 Å². The Bertz CT molecular complexity index is 1020. The van der Waals surface area contributed by atoms with Crippen molar-refractivity contribution in [3.05, 3.63) is 35.8 Å². The average Bonchev–Trinajstić information content (AvgIpc) is 3.32. The minimum atomic E-state index is -0.146. The summed E-state index contributed by atoms with van der Waals surface area (Å²) in [5.74, 6) is 2.05. The number of hydrogen-bond donors (Lipinski definition) is 1. The number of allylic oxidation sites excluding steroid dienone is 2. The van der Waals surface area contributed by atoms with E-state index in [0.29, 0.717) is 28.1 Å². The third-order valence-corrected chi connectivity index (χ3v) is 13.4. The molecule has 2 heteroatoms. The minimum absolute atomic E-state index is 0.0276. The topological polar surface area (TPSA) is 33.4 Å². The molecule has 1 aromatic heterocycles. The fourth-order valence-electron chi connectivity index (χ4n) is 11.5. The number of aliphatic hydroxyl groups is 1. The van der Waals surface area contributed by atoms with Gasteiger partial charge >= 0.3 is 0 Å². The number of rotatable bonds is 1. The molecule has 1 N–H and O–H groups in total. The minimum Gasteiger partial charge on any atom is -0.472 e. The molecular formula is C33H50O2. The highest BCUT2D eigenvalue weighted by molar-refractivity contribution is 5.40. The van der Waals surface area contributed by atoms with Gasteiger partial charge in [-0.3, -0.25) is 0 Å². The third-order valence-electron chi connectivity index (χ3n) is 13.4. The molecule has 0 aromatic carbocycles. The van der Waals surface area contributed by atoms with E-state index in [4.69, 9.17) is 4.42 Å². The largest absolute Gasteiger partial charge is 0.472 e. The molecule has 1 heterocycles. The summed E-state index contributed by atoms with van der Waals surface area (Å²) in [4.78, 5) is 0. The quantitative estimate of drug-likeness (QED) is 0.409. The Hall–Kier alpha value is -1.02. The van der Waals surface area contributed by atoms with Crippen LogP contribution in [0.4, 0.5) is 0 Å². The Balaban J connectivity index is 1.45. The highest BCUT2D eigenvalue weighted by atomic mass is 16.3. The zero-order valence-corrected chi connectivity index (χ0v) is 23.5. The third kappa shape index (κ3) is 3.04. The number of fused-ring (bicyclic) bond motifs is 7. The molecule has 0 bridgehead atoms. The molecule has 4 fully saturated rings. The van der Waals surface area contributed by atoms with Gasteiger partial charge in [0.1, 0.15) is 0 Å². The van der Waals surface area contributed by atoms with Gasteiger partial charge in [-0.05, 0) is 121 Å². The molecule has 4 saturated carbocycles. The number of furan rings is 1. The molecule has 0 unspecified atom stereocenters. The second-order valence-electron chi connectivity index (χ2n) is 15.8. The maximum absolute atomic E-state index is 11.0. The van der Waals surface area contributed by atoms with Crippen LogP contribution in [-0.4, -0.2) is 11.2 Å². The number of hydrogen-bond acceptors (Lipinski definition) is 2. The van der Waals surface area contributed by atoms with Gasteiger partial charge in [-0.1, -0.05) is 60.1 Å². The van der Waals surface area contributed by atoms with Gasteiger partial charge in [0.25, 0.3) is 0 Å². The summed E-state index contributed by atoms with van der Waals surface area (Å²) in [5.41, 5.74) is 4.86. The van der Waals surface area contributed by atoms with Crippen LogP contribution in [0.5, 0.6) is 0 Å². The monoisotopic (exact) mass is 478 g/mol. The molecule has 35 heavy (non-hydrogen) atoms. The Morgan fingerprint density at radius 1 is 0.800 bits per heavy atom. The molecule has 6 rings (SSSR count). The van der Waals surface area contributed by atoms with Crippen molar-refractivity contribution in [3.63, 3.8) is 0 Å². The molecular weight excluding hydrogens is 428 g/mol. The highest BCUT2D eigenvalue weighted by Crippen LogP contribution is 2.75. The first-order valence-electron chi connectivity index (χ1n) is 14.7. The predicted octanol–water partition coefficient (Wildman–Crippen LogP) is 8.69. The van der Waals surface area contributed by atoms with Crippen molar-refractivity contribution in [3.8, 4) is 0 Å². The fraction of sp³-hybridized carbons (Fsp3) is 0.818. The molecule has 1 aromatic rings. The zero-order chi connectivity index (χ0) is 25.1. The van der Waals surface area contributed by atoms with E-state index in [9.17, 15) is 5.11 Å². The molecule has 0 spiro atoms. The summed E-state index contributed by atoms with van der Waals surface area (Å²) in [7, 11) is 0. The second kappa shape index (κ2) is 7.30. The van der Waals surface area contributed by atoms with Crippen LogP contribution in [0.15, 0.2) is 34.7 Å². The summed E-state index contributed by atoms with van der Waals surface area (Å²) >= 11 is 0. The van der Waals surface area contributed by atoms with E-state index in [0.717, 1.165) is 12.3 Å².